The Morgan fingerprint density at radius 3 is 2.32 bits per heavy atom. The monoisotopic (exact) mass is 264 g/mol. The fourth-order valence-corrected chi connectivity index (χ4v) is 2.19. The summed E-state index contributed by atoms with van der Waals surface area (Å²) < 4.78 is 0. The largest absolute Gasteiger partial charge is 0.507 e. The fraction of sp³-hybridized carbons (Fsp3) is 0.562. The van der Waals surface area contributed by atoms with E-state index in [-0.39, 0.29) is 11.8 Å². The topological polar surface area (TPSA) is 57.5 Å². The van der Waals surface area contributed by atoms with Crippen LogP contribution in [0.3, 0.4) is 0 Å². The Hall–Kier alpha value is -1.51. The summed E-state index contributed by atoms with van der Waals surface area (Å²) in [7, 11) is 0. The summed E-state index contributed by atoms with van der Waals surface area (Å²) in [6.07, 6.45) is 2.41. The van der Waals surface area contributed by atoms with Gasteiger partial charge in [0.2, 0.25) is 0 Å². The first-order valence-electron chi connectivity index (χ1n) is 6.82. The van der Waals surface area contributed by atoms with Crippen molar-refractivity contribution in [2.75, 3.05) is 0 Å². The standard InChI is InChI=1S/C16H24O3/c1-5-6-12-9-11(7-8-14(17)18)10-13(15(12)19)16(2,3)4/h9-10,19H,5-8H2,1-4H3,(H,17,18). The first-order chi connectivity index (χ1) is 8.75. The van der Waals surface area contributed by atoms with Crippen molar-refractivity contribution in [1.29, 1.82) is 0 Å². The van der Waals surface area contributed by atoms with Gasteiger partial charge in [0.15, 0.2) is 0 Å². The fourth-order valence-electron chi connectivity index (χ4n) is 2.19. The van der Waals surface area contributed by atoms with E-state index in [2.05, 4.69) is 27.7 Å². The summed E-state index contributed by atoms with van der Waals surface area (Å²) in [4.78, 5) is 10.7. The lowest BCUT2D eigenvalue weighted by atomic mass is 9.83. The lowest BCUT2D eigenvalue weighted by Gasteiger charge is -2.23. The van der Waals surface area contributed by atoms with Gasteiger partial charge >= 0.3 is 5.97 Å². The van der Waals surface area contributed by atoms with Gasteiger partial charge in [0.25, 0.3) is 0 Å². The Morgan fingerprint density at radius 1 is 1.21 bits per heavy atom. The second-order valence-electron chi connectivity index (χ2n) is 6.04. The molecule has 3 heteroatoms. The van der Waals surface area contributed by atoms with E-state index in [0.717, 1.165) is 29.5 Å². The first-order valence-corrected chi connectivity index (χ1v) is 6.82. The van der Waals surface area contributed by atoms with E-state index in [1.54, 1.807) is 0 Å². The molecule has 0 aliphatic carbocycles. The molecule has 0 radical (unpaired) electrons. The van der Waals surface area contributed by atoms with Crippen LogP contribution in [0, 0.1) is 0 Å². The number of carbonyl (C=O) groups is 1. The van der Waals surface area contributed by atoms with Gasteiger partial charge in [-0.3, -0.25) is 4.79 Å². The molecule has 0 spiro atoms. The van der Waals surface area contributed by atoms with Crippen LogP contribution in [0.15, 0.2) is 12.1 Å². The number of aryl methyl sites for hydroxylation is 2. The van der Waals surface area contributed by atoms with Crippen molar-refractivity contribution in [2.24, 2.45) is 0 Å². The van der Waals surface area contributed by atoms with Gasteiger partial charge in [-0.1, -0.05) is 46.2 Å². The molecular formula is C16H24O3. The Labute approximate surface area is 115 Å². The van der Waals surface area contributed by atoms with E-state index in [1.807, 2.05) is 12.1 Å². The third kappa shape index (κ3) is 4.27. The maximum atomic E-state index is 10.7. The van der Waals surface area contributed by atoms with Crippen molar-refractivity contribution >= 4 is 5.97 Å². The Bertz CT molecular complexity index is 456. The highest BCUT2D eigenvalue weighted by Gasteiger charge is 2.21. The highest BCUT2D eigenvalue weighted by atomic mass is 16.4. The molecule has 0 unspecified atom stereocenters. The zero-order chi connectivity index (χ0) is 14.6. The van der Waals surface area contributed by atoms with Gasteiger partial charge in [0.05, 0.1) is 0 Å². The van der Waals surface area contributed by atoms with E-state index in [4.69, 9.17) is 5.11 Å². The molecule has 0 saturated carbocycles. The van der Waals surface area contributed by atoms with Crippen molar-refractivity contribution in [3.05, 3.63) is 28.8 Å². The highest BCUT2D eigenvalue weighted by molar-refractivity contribution is 5.67. The van der Waals surface area contributed by atoms with Crippen molar-refractivity contribution in [3.8, 4) is 5.75 Å². The third-order valence-electron chi connectivity index (χ3n) is 3.20. The van der Waals surface area contributed by atoms with Crippen molar-refractivity contribution in [3.63, 3.8) is 0 Å². The number of benzene rings is 1. The zero-order valence-electron chi connectivity index (χ0n) is 12.3. The molecule has 1 aromatic rings. The summed E-state index contributed by atoms with van der Waals surface area (Å²) in [6.45, 7) is 8.23. The number of phenols is 1. The minimum Gasteiger partial charge on any atom is -0.507 e. The average molecular weight is 264 g/mol. The molecule has 1 aromatic carbocycles. The zero-order valence-corrected chi connectivity index (χ0v) is 12.3. The van der Waals surface area contributed by atoms with Gasteiger partial charge in [-0.2, -0.15) is 0 Å². The van der Waals surface area contributed by atoms with Gasteiger partial charge in [0.1, 0.15) is 5.75 Å². The van der Waals surface area contributed by atoms with Crippen LogP contribution >= 0.6 is 0 Å². The molecule has 2 N–H and O–H groups in total. The highest BCUT2D eigenvalue weighted by Crippen LogP contribution is 2.35. The number of hydrogen-bond acceptors (Lipinski definition) is 2. The molecule has 106 valence electrons. The van der Waals surface area contributed by atoms with Gasteiger partial charge in [-0.05, 0) is 34.9 Å². The molecule has 19 heavy (non-hydrogen) atoms. The second-order valence-corrected chi connectivity index (χ2v) is 6.04. The minimum absolute atomic E-state index is 0.125. The van der Waals surface area contributed by atoms with Crippen LogP contribution in [-0.2, 0) is 23.1 Å². The lowest BCUT2D eigenvalue weighted by Crippen LogP contribution is -2.13. The van der Waals surface area contributed by atoms with Crippen LogP contribution in [0.5, 0.6) is 5.75 Å². The number of hydrogen-bond donors (Lipinski definition) is 2. The molecule has 3 nitrogen and oxygen atoms in total. The Balaban J connectivity index is 3.19. The third-order valence-corrected chi connectivity index (χ3v) is 3.20. The van der Waals surface area contributed by atoms with Crippen molar-refractivity contribution in [2.45, 2.75) is 58.8 Å². The number of rotatable bonds is 5. The smallest absolute Gasteiger partial charge is 0.303 e. The molecule has 0 fully saturated rings. The van der Waals surface area contributed by atoms with Crippen molar-refractivity contribution < 1.29 is 15.0 Å². The molecular weight excluding hydrogens is 240 g/mol. The first kappa shape index (κ1) is 15.5. The number of carboxylic acid groups (broad SMARTS) is 1. The van der Waals surface area contributed by atoms with E-state index in [9.17, 15) is 9.90 Å². The van der Waals surface area contributed by atoms with E-state index >= 15 is 0 Å². The molecule has 0 aromatic heterocycles. The maximum Gasteiger partial charge on any atom is 0.303 e. The van der Waals surface area contributed by atoms with Gasteiger partial charge in [-0.25, -0.2) is 0 Å². The molecule has 0 bridgehead atoms. The van der Waals surface area contributed by atoms with Gasteiger partial charge in [0, 0.05) is 6.42 Å². The normalized spacial score (nSPS) is 11.6. The summed E-state index contributed by atoms with van der Waals surface area (Å²) in [5.74, 6) is -0.421. The van der Waals surface area contributed by atoms with E-state index in [0.29, 0.717) is 12.2 Å². The van der Waals surface area contributed by atoms with Crippen LogP contribution < -0.4 is 0 Å². The van der Waals surface area contributed by atoms with Crippen molar-refractivity contribution in [1.82, 2.24) is 0 Å². The van der Waals surface area contributed by atoms with Gasteiger partial charge in [-0.15, -0.1) is 0 Å². The summed E-state index contributed by atoms with van der Waals surface area (Å²) in [6, 6.07) is 3.88. The van der Waals surface area contributed by atoms with Crippen LogP contribution in [-0.4, -0.2) is 16.2 Å². The Morgan fingerprint density at radius 2 is 1.84 bits per heavy atom. The molecule has 0 amide bonds. The molecule has 0 saturated heterocycles. The quantitative estimate of drug-likeness (QED) is 0.853. The van der Waals surface area contributed by atoms with Crippen LogP contribution in [0.4, 0.5) is 0 Å². The van der Waals surface area contributed by atoms with E-state index < -0.39 is 5.97 Å². The summed E-state index contributed by atoms with van der Waals surface area (Å²) in [5.41, 5.74) is 2.67. The lowest BCUT2D eigenvalue weighted by molar-refractivity contribution is -0.136. The van der Waals surface area contributed by atoms with Crippen LogP contribution in [0.2, 0.25) is 0 Å². The number of phenolic OH excluding ortho intramolecular Hbond substituents is 1. The predicted octanol–water partition coefficient (Wildman–Crippen LogP) is 3.66. The predicted molar refractivity (Wildman–Crippen MR) is 76.8 cm³/mol. The number of aliphatic carboxylic acids is 1. The van der Waals surface area contributed by atoms with Gasteiger partial charge < -0.3 is 10.2 Å². The number of carboxylic acids is 1. The SMILES string of the molecule is CCCc1cc(CCC(=O)O)cc(C(C)(C)C)c1O. The Kier molecular flexibility index (Phi) is 4.98. The average Bonchev–Trinajstić information content (AvgIpc) is 2.28. The minimum atomic E-state index is -0.789. The second kappa shape index (κ2) is 6.09. The summed E-state index contributed by atoms with van der Waals surface area (Å²) in [5, 5.41) is 19.1. The molecule has 0 atom stereocenters. The molecule has 1 rings (SSSR count). The maximum absolute atomic E-state index is 10.7. The van der Waals surface area contributed by atoms with Crippen LogP contribution in [0.1, 0.15) is 57.2 Å². The van der Waals surface area contributed by atoms with E-state index in [1.165, 1.54) is 0 Å². The molecule has 0 aliphatic rings. The summed E-state index contributed by atoms with van der Waals surface area (Å²) >= 11 is 0. The number of aromatic hydroxyl groups is 1. The molecule has 0 aliphatic heterocycles. The molecule has 0 heterocycles. The van der Waals surface area contributed by atoms with Crippen LogP contribution in [0.25, 0.3) is 0 Å².